The van der Waals surface area contributed by atoms with Gasteiger partial charge in [-0.2, -0.15) is 0 Å². The summed E-state index contributed by atoms with van der Waals surface area (Å²) >= 11 is 0. The molecule has 1 aliphatic heterocycles. The van der Waals surface area contributed by atoms with Crippen LogP contribution in [0.1, 0.15) is 40.6 Å². The number of nitrogens with one attached hydrogen (secondary N) is 1. The molecule has 1 fully saturated rings. The summed E-state index contributed by atoms with van der Waals surface area (Å²) in [5.74, 6) is 0.166. The maximum Gasteiger partial charge on any atom is 0.336 e. The Morgan fingerprint density at radius 2 is 2.14 bits per heavy atom. The van der Waals surface area contributed by atoms with Gasteiger partial charge in [0.05, 0.1) is 11.3 Å². The second-order valence-corrected chi connectivity index (χ2v) is 5.65. The molecule has 3 rings (SSSR count). The van der Waals surface area contributed by atoms with Gasteiger partial charge in [0.2, 0.25) is 0 Å². The molecule has 1 saturated heterocycles. The van der Waals surface area contributed by atoms with Crippen molar-refractivity contribution in [3.05, 3.63) is 47.4 Å². The van der Waals surface area contributed by atoms with E-state index in [9.17, 15) is 9.90 Å². The summed E-state index contributed by atoms with van der Waals surface area (Å²) in [5, 5.41) is 12.7. The minimum atomic E-state index is -0.937. The Morgan fingerprint density at radius 1 is 1.32 bits per heavy atom. The van der Waals surface area contributed by atoms with E-state index < -0.39 is 5.97 Å². The van der Waals surface area contributed by atoms with Gasteiger partial charge in [0, 0.05) is 23.7 Å². The molecule has 0 spiro atoms. The number of nitrogens with zero attached hydrogens (tertiary/aromatic N) is 2. The van der Waals surface area contributed by atoms with E-state index in [0.717, 1.165) is 37.4 Å². The lowest BCUT2D eigenvalue weighted by Crippen LogP contribution is -2.29. The molecule has 0 aliphatic carbocycles. The smallest absolute Gasteiger partial charge is 0.336 e. The minimum Gasteiger partial charge on any atom is -0.478 e. The van der Waals surface area contributed by atoms with Crippen LogP contribution in [-0.4, -0.2) is 34.1 Å². The second-order valence-electron chi connectivity index (χ2n) is 5.65. The summed E-state index contributed by atoms with van der Waals surface area (Å²) in [6, 6.07) is 8.82. The van der Waals surface area contributed by atoms with Crippen molar-refractivity contribution in [3.8, 4) is 11.3 Å². The highest BCUT2D eigenvalue weighted by atomic mass is 16.4. The molecule has 0 bridgehead atoms. The Hall–Kier alpha value is -2.27. The van der Waals surface area contributed by atoms with Gasteiger partial charge in [0.25, 0.3) is 0 Å². The summed E-state index contributed by atoms with van der Waals surface area (Å²) in [5.41, 5.74) is 2.47. The maximum atomic E-state index is 11.4. The molecule has 1 atom stereocenters. The van der Waals surface area contributed by atoms with Gasteiger partial charge in [0.1, 0.15) is 5.82 Å². The van der Waals surface area contributed by atoms with Crippen molar-refractivity contribution >= 4 is 5.97 Å². The van der Waals surface area contributed by atoms with E-state index in [-0.39, 0.29) is 5.56 Å². The van der Waals surface area contributed by atoms with Crippen LogP contribution in [-0.2, 0) is 0 Å². The molecule has 2 heterocycles. The molecular formula is C17H19N3O2. The number of aromatic carboxylic acids is 1. The molecule has 0 amide bonds. The van der Waals surface area contributed by atoms with Crippen LogP contribution in [0, 0.1) is 6.92 Å². The number of aryl methyl sites for hydroxylation is 1. The molecule has 1 aromatic carbocycles. The average Bonchev–Trinajstić information content (AvgIpc) is 2.55. The first-order valence-corrected chi connectivity index (χ1v) is 7.54. The van der Waals surface area contributed by atoms with Gasteiger partial charge in [0.15, 0.2) is 0 Å². The molecule has 114 valence electrons. The predicted molar refractivity (Wildman–Crippen MR) is 84.0 cm³/mol. The SMILES string of the molecule is Cc1cc(-c2ccccc2C(=O)O)nc([C@@H]2CCCNC2)n1. The molecule has 0 unspecified atom stereocenters. The number of rotatable bonds is 3. The summed E-state index contributed by atoms with van der Waals surface area (Å²) < 4.78 is 0. The third-order valence-electron chi connectivity index (χ3n) is 3.97. The Morgan fingerprint density at radius 3 is 2.86 bits per heavy atom. The number of benzene rings is 1. The minimum absolute atomic E-state index is 0.272. The molecule has 5 heteroatoms. The number of carboxylic acids is 1. The standard InChI is InChI=1S/C17H19N3O2/c1-11-9-15(13-6-2-3-7-14(13)17(21)22)20-16(19-11)12-5-4-8-18-10-12/h2-3,6-7,9,12,18H,4-5,8,10H2,1H3,(H,21,22)/t12-/m1/s1. The molecule has 2 N–H and O–H groups in total. The van der Waals surface area contributed by atoms with Crippen LogP contribution < -0.4 is 5.32 Å². The summed E-state index contributed by atoms with van der Waals surface area (Å²) in [4.78, 5) is 20.6. The molecule has 1 aliphatic rings. The summed E-state index contributed by atoms with van der Waals surface area (Å²) in [6.07, 6.45) is 2.18. The Labute approximate surface area is 129 Å². The van der Waals surface area contributed by atoms with Crippen LogP contribution in [0.25, 0.3) is 11.3 Å². The van der Waals surface area contributed by atoms with Gasteiger partial charge in [-0.1, -0.05) is 18.2 Å². The fourth-order valence-electron chi connectivity index (χ4n) is 2.88. The third-order valence-corrected chi connectivity index (χ3v) is 3.97. The quantitative estimate of drug-likeness (QED) is 0.911. The van der Waals surface area contributed by atoms with Crippen molar-refractivity contribution in [2.45, 2.75) is 25.7 Å². The van der Waals surface area contributed by atoms with E-state index in [1.54, 1.807) is 18.2 Å². The lowest BCUT2D eigenvalue weighted by molar-refractivity contribution is 0.0697. The zero-order chi connectivity index (χ0) is 15.5. The molecular weight excluding hydrogens is 278 g/mol. The highest BCUT2D eigenvalue weighted by molar-refractivity contribution is 5.95. The first-order valence-electron chi connectivity index (χ1n) is 7.54. The van der Waals surface area contributed by atoms with Gasteiger partial charge in [-0.15, -0.1) is 0 Å². The molecule has 0 radical (unpaired) electrons. The van der Waals surface area contributed by atoms with E-state index in [1.807, 2.05) is 19.1 Å². The number of hydrogen-bond acceptors (Lipinski definition) is 4. The fraction of sp³-hybridized carbons (Fsp3) is 0.353. The van der Waals surface area contributed by atoms with Gasteiger partial charge in [-0.05, 0) is 38.4 Å². The van der Waals surface area contributed by atoms with Crippen LogP contribution in [0.15, 0.2) is 30.3 Å². The van der Waals surface area contributed by atoms with Crippen LogP contribution in [0.2, 0.25) is 0 Å². The van der Waals surface area contributed by atoms with Crippen LogP contribution in [0.4, 0.5) is 0 Å². The van der Waals surface area contributed by atoms with E-state index in [4.69, 9.17) is 0 Å². The predicted octanol–water partition coefficient (Wildman–Crippen LogP) is 2.62. The lowest BCUT2D eigenvalue weighted by Gasteiger charge is -2.22. The van der Waals surface area contributed by atoms with Crippen molar-refractivity contribution in [1.82, 2.24) is 15.3 Å². The first-order chi connectivity index (χ1) is 10.6. The largest absolute Gasteiger partial charge is 0.478 e. The Kier molecular flexibility index (Phi) is 4.15. The van der Waals surface area contributed by atoms with Crippen LogP contribution >= 0.6 is 0 Å². The maximum absolute atomic E-state index is 11.4. The number of hydrogen-bond donors (Lipinski definition) is 2. The summed E-state index contributed by atoms with van der Waals surface area (Å²) in [7, 11) is 0. The Balaban J connectivity index is 2.04. The molecule has 2 aromatic rings. The monoisotopic (exact) mass is 297 g/mol. The van der Waals surface area contributed by atoms with Crippen molar-refractivity contribution in [1.29, 1.82) is 0 Å². The fourth-order valence-corrected chi connectivity index (χ4v) is 2.88. The van der Waals surface area contributed by atoms with E-state index in [1.165, 1.54) is 0 Å². The third kappa shape index (κ3) is 2.99. The van der Waals surface area contributed by atoms with Crippen molar-refractivity contribution < 1.29 is 9.90 Å². The Bertz CT molecular complexity index is 694. The van der Waals surface area contributed by atoms with E-state index in [0.29, 0.717) is 17.2 Å². The highest BCUT2D eigenvalue weighted by Gasteiger charge is 2.20. The number of carboxylic acid groups (broad SMARTS) is 1. The van der Waals surface area contributed by atoms with Crippen LogP contribution in [0.3, 0.4) is 0 Å². The number of piperidine rings is 1. The zero-order valence-electron chi connectivity index (χ0n) is 12.5. The molecule has 22 heavy (non-hydrogen) atoms. The van der Waals surface area contributed by atoms with Crippen molar-refractivity contribution in [2.75, 3.05) is 13.1 Å². The second kappa shape index (κ2) is 6.23. The highest BCUT2D eigenvalue weighted by Crippen LogP contribution is 2.26. The van der Waals surface area contributed by atoms with Crippen molar-refractivity contribution in [3.63, 3.8) is 0 Å². The van der Waals surface area contributed by atoms with Gasteiger partial charge in [-0.3, -0.25) is 0 Å². The zero-order valence-corrected chi connectivity index (χ0v) is 12.5. The molecule has 5 nitrogen and oxygen atoms in total. The summed E-state index contributed by atoms with van der Waals surface area (Å²) in [6.45, 7) is 3.84. The van der Waals surface area contributed by atoms with Gasteiger partial charge < -0.3 is 10.4 Å². The number of aromatic nitrogens is 2. The number of carbonyl (C=O) groups is 1. The average molecular weight is 297 g/mol. The van der Waals surface area contributed by atoms with Crippen molar-refractivity contribution in [2.24, 2.45) is 0 Å². The topological polar surface area (TPSA) is 75.1 Å². The van der Waals surface area contributed by atoms with E-state index in [2.05, 4.69) is 15.3 Å². The molecule has 1 aromatic heterocycles. The van der Waals surface area contributed by atoms with Gasteiger partial charge in [-0.25, -0.2) is 14.8 Å². The molecule has 0 saturated carbocycles. The van der Waals surface area contributed by atoms with E-state index >= 15 is 0 Å². The lowest BCUT2D eigenvalue weighted by atomic mass is 9.98. The van der Waals surface area contributed by atoms with Crippen LogP contribution in [0.5, 0.6) is 0 Å². The normalized spacial score (nSPS) is 18.1. The van der Waals surface area contributed by atoms with Gasteiger partial charge >= 0.3 is 5.97 Å². The first kappa shape index (κ1) is 14.7.